The smallest absolute Gasteiger partial charge is 0.311 e. The minimum Gasteiger partial charge on any atom is -0.494 e. The fraction of sp³-hybridized carbons (Fsp3) is 0.143. The third-order valence-electron chi connectivity index (χ3n) is 4.03. The number of nitro benzene ring substituents is 2. The number of nitrogens with two attached hydrogens (primary N) is 2. The molecule has 0 heterocycles. The summed E-state index contributed by atoms with van der Waals surface area (Å²) in [6.45, 7) is 0. The topological polar surface area (TPSA) is 166 Å². The summed E-state index contributed by atoms with van der Waals surface area (Å²) >= 11 is 0. The monoisotopic (exact) mass is 498 g/mol. The first-order valence-electron chi connectivity index (χ1n) is 9.29. The van der Waals surface area contributed by atoms with Crippen molar-refractivity contribution < 1.29 is 37.2 Å². The number of hydrogen-bond donors (Lipinski definition) is 2. The van der Waals surface area contributed by atoms with Crippen molar-refractivity contribution in [3.05, 3.63) is 86.2 Å². The van der Waals surface area contributed by atoms with E-state index in [0.717, 1.165) is 30.3 Å². The van der Waals surface area contributed by atoms with Gasteiger partial charge in [0.2, 0.25) is 5.82 Å². The van der Waals surface area contributed by atoms with Crippen LogP contribution in [0.3, 0.4) is 0 Å². The molecule has 0 amide bonds. The van der Waals surface area contributed by atoms with Crippen molar-refractivity contribution in [2.45, 2.75) is 0 Å². The Labute approximate surface area is 196 Å². The molecule has 3 aromatic carbocycles. The number of benzene rings is 3. The van der Waals surface area contributed by atoms with Crippen LogP contribution in [0.25, 0.3) is 0 Å². The summed E-state index contributed by atoms with van der Waals surface area (Å²) in [5.41, 5.74) is 10.3. The molecule has 11 nitrogen and oxygen atoms in total. The van der Waals surface area contributed by atoms with Crippen LogP contribution in [0.4, 0.5) is 35.9 Å². The number of methoxy groups -OCH3 is 3. The maximum Gasteiger partial charge on any atom is 0.311 e. The quantitative estimate of drug-likeness (QED) is 0.293. The molecule has 0 radical (unpaired) electrons. The lowest BCUT2D eigenvalue weighted by molar-refractivity contribution is -0.387. The first-order valence-corrected chi connectivity index (χ1v) is 9.29. The molecular formula is C21H21F3N4O7. The van der Waals surface area contributed by atoms with Gasteiger partial charge >= 0.3 is 11.4 Å². The molecule has 0 unspecified atom stereocenters. The van der Waals surface area contributed by atoms with Gasteiger partial charge < -0.3 is 25.7 Å². The molecule has 0 fully saturated rings. The number of anilines is 2. The minimum atomic E-state index is -0.962. The molecule has 0 saturated heterocycles. The molecule has 4 N–H and O–H groups in total. The Hall–Kier alpha value is -4.75. The van der Waals surface area contributed by atoms with Crippen molar-refractivity contribution in [2.75, 3.05) is 32.8 Å². The fourth-order valence-electron chi connectivity index (χ4n) is 2.36. The highest BCUT2D eigenvalue weighted by molar-refractivity contribution is 5.58. The Bertz CT molecular complexity index is 1200. The van der Waals surface area contributed by atoms with Crippen LogP contribution in [0.1, 0.15) is 0 Å². The molecule has 3 rings (SSSR count). The van der Waals surface area contributed by atoms with Gasteiger partial charge in [-0.15, -0.1) is 0 Å². The Balaban J connectivity index is 0.000000265. The lowest BCUT2D eigenvalue weighted by Gasteiger charge is -2.03. The van der Waals surface area contributed by atoms with Crippen molar-refractivity contribution in [3.63, 3.8) is 0 Å². The van der Waals surface area contributed by atoms with E-state index in [9.17, 15) is 33.4 Å². The van der Waals surface area contributed by atoms with Gasteiger partial charge in [0.1, 0.15) is 23.1 Å². The van der Waals surface area contributed by atoms with E-state index in [1.54, 1.807) is 0 Å². The summed E-state index contributed by atoms with van der Waals surface area (Å²) in [5, 5.41) is 20.5. The third kappa shape index (κ3) is 8.27. The second kappa shape index (κ2) is 13.1. The summed E-state index contributed by atoms with van der Waals surface area (Å²) in [6, 6.07) is 8.86. The molecule has 0 bridgehead atoms. The van der Waals surface area contributed by atoms with Gasteiger partial charge in [0, 0.05) is 30.3 Å². The second-order valence-corrected chi connectivity index (χ2v) is 6.26. The van der Waals surface area contributed by atoms with Crippen LogP contribution in [0, 0.1) is 37.7 Å². The zero-order valence-electron chi connectivity index (χ0n) is 18.7. The van der Waals surface area contributed by atoms with Gasteiger partial charge in [0.05, 0.1) is 42.6 Å². The van der Waals surface area contributed by atoms with E-state index < -0.39 is 27.2 Å². The Kier molecular flexibility index (Phi) is 10.6. The van der Waals surface area contributed by atoms with Crippen molar-refractivity contribution in [3.8, 4) is 17.2 Å². The van der Waals surface area contributed by atoms with Gasteiger partial charge in [0.15, 0.2) is 5.75 Å². The molecule has 188 valence electrons. The van der Waals surface area contributed by atoms with Gasteiger partial charge in [0.25, 0.3) is 0 Å². The molecule has 0 aliphatic heterocycles. The van der Waals surface area contributed by atoms with Crippen LogP contribution < -0.4 is 25.7 Å². The van der Waals surface area contributed by atoms with Crippen LogP contribution in [-0.2, 0) is 0 Å². The number of halogens is 3. The van der Waals surface area contributed by atoms with E-state index in [-0.39, 0.29) is 28.7 Å². The van der Waals surface area contributed by atoms with Gasteiger partial charge in [-0.25, -0.2) is 8.78 Å². The molecule has 0 saturated carbocycles. The van der Waals surface area contributed by atoms with E-state index in [1.165, 1.54) is 39.5 Å². The first kappa shape index (κ1) is 28.3. The SMILES string of the molecule is COc1cc(F)c([N+](=O)[O-])cc1N.COc1cc(F)ccc1N.COc1cc(F)ccc1[N+](=O)[O-]. The molecule has 0 spiro atoms. The normalized spacial score (nSPS) is 9.54. The maximum absolute atomic E-state index is 12.9. The molecule has 0 aliphatic rings. The highest BCUT2D eigenvalue weighted by Gasteiger charge is 2.17. The maximum atomic E-state index is 12.9. The van der Waals surface area contributed by atoms with Crippen LogP contribution in [0.2, 0.25) is 0 Å². The number of hydrogen-bond acceptors (Lipinski definition) is 9. The van der Waals surface area contributed by atoms with Crippen LogP contribution in [0.15, 0.2) is 48.5 Å². The molecule has 14 heteroatoms. The van der Waals surface area contributed by atoms with Crippen LogP contribution in [-0.4, -0.2) is 31.2 Å². The van der Waals surface area contributed by atoms with Crippen molar-refractivity contribution in [1.82, 2.24) is 0 Å². The van der Waals surface area contributed by atoms with Gasteiger partial charge in [-0.3, -0.25) is 20.2 Å². The van der Waals surface area contributed by atoms with Crippen LogP contribution in [0.5, 0.6) is 17.2 Å². The van der Waals surface area contributed by atoms with Crippen LogP contribution >= 0.6 is 0 Å². The number of ether oxygens (including phenoxy) is 3. The zero-order valence-corrected chi connectivity index (χ0v) is 18.7. The molecular weight excluding hydrogens is 477 g/mol. The summed E-state index contributed by atoms with van der Waals surface area (Å²) in [6.07, 6.45) is 0. The standard InChI is InChI=1S/C7H7FN2O3.C7H6FNO3.C7H8FNO/c1-13-7-2-4(8)6(10(11)12)3-5(7)9;1-12-7-4-5(8)2-3-6(7)9(10)11;1-10-7-4-5(8)2-3-6(7)9/h2-3H,9H2,1H3;2-4H,1H3;2-4H,9H2,1H3. The second-order valence-electron chi connectivity index (χ2n) is 6.26. The molecule has 0 atom stereocenters. The van der Waals surface area contributed by atoms with Crippen molar-refractivity contribution >= 4 is 22.7 Å². The predicted molar refractivity (Wildman–Crippen MR) is 121 cm³/mol. The van der Waals surface area contributed by atoms with Gasteiger partial charge in [-0.05, 0) is 18.2 Å². The molecule has 0 aliphatic carbocycles. The third-order valence-corrected chi connectivity index (χ3v) is 4.03. The zero-order chi connectivity index (χ0) is 26.7. The lowest BCUT2D eigenvalue weighted by atomic mass is 10.2. The summed E-state index contributed by atoms with van der Waals surface area (Å²) < 4.78 is 51.8. The largest absolute Gasteiger partial charge is 0.494 e. The summed E-state index contributed by atoms with van der Waals surface area (Å²) in [7, 11) is 4.00. The Morgan fingerprint density at radius 3 is 1.57 bits per heavy atom. The van der Waals surface area contributed by atoms with E-state index in [4.69, 9.17) is 16.2 Å². The predicted octanol–water partition coefficient (Wildman–Crippen LogP) is 4.48. The number of nitrogens with zero attached hydrogens (tertiary/aromatic N) is 2. The average molecular weight is 498 g/mol. The van der Waals surface area contributed by atoms with Gasteiger partial charge in [-0.1, -0.05) is 0 Å². The Morgan fingerprint density at radius 1 is 0.657 bits per heavy atom. The Morgan fingerprint density at radius 2 is 1.11 bits per heavy atom. The minimum absolute atomic E-state index is 0.0376. The highest BCUT2D eigenvalue weighted by Crippen LogP contribution is 2.29. The number of nitrogen functional groups attached to an aromatic ring is 2. The van der Waals surface area contributed by atoms with Crippen molar-refractivity contribution in [1.29, 1.82) is 0 Å². The van der Waals surface area contributed by atoms with E-state index >= 15 is 0 Å². The van der Waals surface area contributed by atoms with Crippen molar-refractivity contribution in [2.24, 2.45) is 0 Å². The number of nitro groups is 2. The molecule has 35 heavy (non-hydrogen) atoms. The highest BCUT2D eigenvalue weighted by atomic mass is 19.1. The summed E-state index contributed by atoms with van der Waals surface area (Å²) in [5.74, 6) is -1.47. The molecule has 0 aromatic heterocycles. The fourth-order valence-corrected chi connectivity index (χ4v) is 2.36. The lowest BCUT2D eigenvalue weighted by Crippen LogP contribution is -1.98. The summed E-state index contributed by atoms with van der Waals surface area (Å²) in [4.78, 5) is 19.1. The van der Waals surface area contributed by atoms with E-state index in [0.29, 0.717) is 11.4 Å². The number of rotatable bonds is 5. The molecule has 3 aromatic rings. The van der Waals surface area contributed by atoms with Gasteiger partial charge in [-0.2, -0.15) is 4.39 Å². The van der Waals surface area contributed by atoms with E-state index in [2.05, 4.69) is 9.47 Å². The average Bonchev–Trinajstić information content (AvgIpc) is 2.82. The first-order chi connectivity index (χ1) is 16.4. The van der Waals surface area contributed by atoms with E-state index in [1.807, 2.05) is 0 Å².